The molecule has 1 aliphatic heterocycles. The van der Waals surface area contributed by atoms with Crippen molar-refractivity contribution in [3.63, 3.8) is 0 Å². The highest BCUT2D eigenvalue weighted by Crippen LogP contribution is 2.25. The molecule has 1 fully saturated rings. The molecule has 148 valence electrons. The van der Waals surface area contributed by atoms with Gasteiger partial charge in [-0.15, -0.1) is 0 Å². The minimum absolute atomic E-state index is 0.102. The summed E-state index contributed by atoms with van der Waals surface area (Å²) in [5.41, 5.74) is 2.69. The second-order valence-corrected chi connectivity index (χ2v) is 7.13. The Morgan fingerprint density at radius 1 is 1.39 bits per heavy atom. The SMILES string of the molecule is COCCn1c(=O)n(C2CCN(C(=O)c3cc(C)n(C)n3)C2)c2ncccc21. The number of rotatable bonds is 5. The zero-order valence-corrected chi connectivity index (χ0v) is 16.3. The summed E-state index contributed by atoms with van der Waals surface area (Å²) in [7, 11) is 3.43. The van der Waals surface area contributed by atoms with Gasteiger partial charge in [0.1, 0.15) is 0 Å². The zero-order chi connectivity index (χ0) is 19.8. The Labute approximate surface area is 162 Å². The van der Waals surface area contributed by atoms with Crippen LogP contribution in [0.2, 0.25) is 0 Å². The Kier molecular flexibility index (Phi) is 4.76. The topological polar surface area (TPSA) is 87.2 Å². The van der Waals surface area contributed by atoms with Gasteiger partial charge in [-0.2, -0.15) is 5.10 Å². The summed E-state index contributed by atoms with van der Waals surface area (Å²) in [6.07, 6.45) is 2.39. The van der Waals surface area contributed by atoms with Gasteiger partial charge in [-0.25, -0.2) is 9.78 Å². The number of pyridine rings is 1. The van der Waals surface area contributed by atoms with Gasteiger partial charge in [0, 0.05) is 39.1 Å². The fraction of sp³-hybridized carbons (Fsp3) is 0.474. The highest BCUT2D eigenvalue weighted by atomic mass is 16.5. The van der Waals surface area contributed by atoms with E-state index in [1.807, 2.05) is 26.1 Å². The number of imidazole rings is 1. The molecule has 0 radical (unpaired) electrons. The molecule has 1 amide bonds. The van der Waals surface area contributed by atoms with Crippen molar-refractivity contribution in [3.05, 3.63) is 46.3 Å². The predicted octanol–water partition coefficient (Wildman–Crippen LogP) is 0.974. The first-order valence-electron chi connectivity index (χ1n) is 9.36. The van der Waals surface area contributed by atoms with E-state index < -0.39 is 0 Å². The molecule has 1 atom stereocenters. The van der Waals surface area contributed by atoms with Crippen LogP contribution in [0, 0.1) is 6.92 Å². The Bertz CT molecular complexity index is 1060. The molecule has 4 heterocycles. The highest BCUT2D eigenvalue weighted by Gasteiger charge is 2.32. The maximum Gasteiger partial charge on any atom is 0.330 e. The van der Waals surface area contributed by atoms with E-state index in [-0.39, 0.29) is 17.6 Å². The molecule has 0 saturated carbocycles. The molecule has 1 aliphatic rings. The van der Waals surface area contributed by atoms with E-state index in [4.69, 9.17) is 4.74 Å². The lowest BCUT2D eigenvalue weighted by atomic mass is 10.2. The van der Waals surface area contributed by atoms with Gasteiger partial charge in [-0.3, -0.25) is 18.6 Å². The molecule has 1 unspecified atom stereocenters. The first kappa shape index (κ1) is 18.4. The van der Waals surface area contributed by atoms with Crippen LogP contribution in [-0.4, -0.2) is 61.5 Å². The molecule has 0 N–H and O–H groups in total. The molecule has 3 aromatic heterocycles. The van der Waals surface area contributed by atoms with Crippen LogP contribution in [0.15, 0.2) is 29.2 Å². The lowest BCUT2D eigenvalue weighted by Crippen LogP contribution is -2.32. The number of carbonyl (C=O) groups is 1. The number of hydrogen-bond acceptors (Lipinski definition) is 5. The van der Waals surface area contributed by atoms with Gasteiger partial charge in [0.2, 0.25) is 0 Å². The first-order chi connectivity index (χ1) is 13.5. The van der Waals surface area contributed by atoms with Crippen LogP contribution in [0.4, 0.5) is 0 Å². The molecule has 3 aromatic rings. The highest BCUT2D eigenvalue weighted by molar-refractivity contribution is 5.92. The van der Waals surface area contributed by atoms with Gasteiger partial charge < -0.3 is 9.64 Å². The summed E-state index contributed by atoms with van der Waals surface area (Å²) < 4.78 is 10.3. The minimum Gasteiger partial charge on any atom is -0.383 e. The summed E-state index contributed by atoms with van der Waals surface area (Å²) in [4.78, 5) is 32.1. The number of fused-ring (bicyclic) bond motifs is 1. The summed E-state index contributed by atoms with van der Waals surface area (Å²) in [6, 6.07) is 5.40. The van der Waals surface area contributed by atoms with Crippen molar-refractivity contribution in [2.45, 2.75) is 25.9 Å². The minimum atomic E-state index is -0.112. The van der Waals surface area contributed by atoms with Crippen molar-refractivity contribution in [1.29, 1.82) is 0 Å². The molecular formula is C19H24N6O3. The second-order valence-electron chi connectivity index (χ2n) is 7.13. The third kappa shape index (κ3) is 3.01. The quantitative estimate of drug-likeness (QED) is 0.654. The number of likely N-dealkylation sites (tertiary alicyclic amines) is 1. The van der Waals surface area contributed by atoms with Crippen molar-refractivity contribution >= 4 is 17.1 Å². The van der Waals surface area contributed by atoms with E-state index in [2.05, 4.69) is 10.1 Å². The number of aryl methyl sites for hydroxylation is 2. The summed E-state index contributed by atoms with van der Waals surface area (Å²) in [6.45, 7) is 3.88. The first-order valence-corrected chi connectivity index (χ1v) is 9.36. The molecule has 1 saturated heterocycles. The number of methoxy groups -OCH3 is 1. The van der Waals surface area contributed by atoms with E-state index in [1.165, 1.54) is 0 Å². The third-order valence-electron chi connectivity index (χ3n) is 5.39. The van der Waals surface area contributed by atoms with Crippen molar-refractivity contribution in [2.24, 2.45) is 7.05 Å². The van der Waals surface area contributed by atoms with Crippen molar-refractivity contribution in [3.8, 4) is 0 Å². The van der Waals surface area contributed by atoms with Gasteiger partial charge in [0.25, 0.3) is 5.91 Å². The normalized spacial score (nSPS) is 17.0. The molecule has 9 nitrogen and oxygen atoms in total. The Morgan fingerprint density at radius 2 is 2.21 bits per heavy atom. The average Bonchev–Trinajstić information content (AvgIpc) is 3.36. The molecule has 9 heteroatoms. The smallest absolute Gasteiger partial charge is 0.330 e. The van der Waals surface area contributed by atoms with Crippen molar-refractivity contribution in [2.75, 3.05) is 26.8 Å². The maximum absolute atomic E-state index is 13.1. The lowest BCUT2D eigenvalue weighted by molar-refractivity contribution is 0.0781. The Hall–Kier alpha value is -2.94. The number of amides is 1. The van der Waals surface area contributed by atoms with Crippen LogP contribution in [-0.2, 0) is 18.3 Å². The predicted molar refractivity (Wildman–Crippen MR) is 103 cm³/mol. The molecular weight excluding hydrogens is 360 g/mol. The summed E-state index contributed by atoms with van der Waals surface area (Å²) in [5.74, 6) is -0.102. The Morgan fingerprint density at radius 3 is 2.93 bits per heavy atom. The fourth-order valence-corrected chi connectivity index (χ4v) is 3.80. The molecule has 0 bridgehead atoms. The van der Waals surface area contributed by atoms with Crippen LogP contribution < -0.4 is 5.69 Å². The van der Waals surface area contributed by atoms with Gasteiger partial charge in [-0.05, 0) is 31.5 Å². The van der Waals surface area contributed by atoms with Gasteiger partial charge >= 0.3 is 5.69 Å². The van der Waals surface area contributed by atoms with E-state index >= 15 is 0 Å². The van der Waals surface area contributed by atoms with Crippen LogP contribution in [0.25, 0.3) is 11.2 Å². The van der Waals surface area contributed by atoms with Crippen molar-refractivity contribution < 1.29 is 9.53 Å². The number of carbonyl (C=O) groups excluding carboxylic acids is 1. The van der Waals surface area contributed by atoms with Gasteiger partial charge in [0.15, 0.2) is 11.3 Å². The largest absolute Gasteiger partial charge is 0.383 e. The van der Waals surface area contributed by atoms with E-state index in [0.29, 0.717) is 44.0 Å². The fourth-order valence-electron chi connectivity index (χ4n) is 3.80. The molecule has 0 spiro atoms. The third-order valence-corrected chi connectivity index (χ3v) is 5.39. The summed E-state index contributed by atoms with van der Waals surface area (Å²) >= 11 is 0. The van der Waals surface area contributed by atoms with Crippen LogP contribution in [0.5, 0.6) is 0 Å². The monoisotopic (exact) mass is 384 g/mol. The average molecular weight is 384 g/mol. The number of aromatic nitrogens is 5. The second kappa shape index (κ2) is 7.23. The van der Waals surface area contributed by atoms with Crippen LogP contribution in [0.1, 0.15) is 28.6 Å². The van der Waals surface area contributed by atoms with Crippen LogP contribution in [0.3, 0.4) is 0 Å². The van der Waals surface area contributed by atoms with Crippen LogP contribution >= 0.6 is 0 Å². The standard InChI is InChI=1S/C19H24N6O3/c1-13-11-15(21-22(13)2)18(26)23-8-6-14(12-23)25-17-16(5-4-7-20-17)24(19(25)27)9-10-28-3/h4-5,7,11,14H,6,8-10,12H2,1-3H3. The van der Waals surface area contributed by atoms with E-state index in [0.717, 1.165) is 11.2 Å². The number of nitrogens with zero attached hydrogens (tertiary/aromatic N) is 6. The maximum atomic E-state index is 13.1. The zero-order valence-electron chi connectivity index (χ0n) is 16.3. The molecule has 0 aromatic carbocycles. The number of ether oxygens (including phenoxy) is 1. The lowest BCUT2D eigenvalue weighted by Gasteiger charge is -2.15. The molecule has 28 heavy (non-hydrogen) atoms. The Balaban J connectivity index is 1.64. The molecule has 0 aliphatic carbocycles. The van der Waals surface area contributed by atoms with E-state index in [1.54, 1.807) is 38.1 Å². The van der Waals surface area contributed by atoms with Gasteiger partial charge in [0.05, 0.1) is 24.7 Å². The summed E-state index contributed by atoms with van der Waals surface area (Å²) in [5, 5.41) is 4.28. The number of hydrogen-bond donors (Lipinski definition) is 0. The van der Waals surface area contributed by atoms with Gasteiger partial charge in [-0.1, -0.05) is 0 Å². The van der Waals surface area contributed by atoms with Crippen molar-refractivity contribution in [1.82, 2.24) is 28.8 Å². The molecule has 4 rings (SSSR count). The van der Waals surface area contributed by atoms with E-state index in [9.17, 15) is 9.59 Å².